The number of carbonyl (C=O) groups excluding carboxylic acids is 2. The lowest BCUT2D eigenvalue weighted by molar-refractivity contribution is -0.128. The zero-order valence-corrected chi connectivity index (χ0v) is 14.9. The Kier molecular flexibility index (Phi) is 5.96. The van der Waals surface area contributed by atoms with Crippen molar-refractivity contribution < 1.29 is 19.1 Å². The first kappa shape index (κ1) is 18.1. The van der Waals surface area contributed by atoms with Gasteiger partial charge in [0.15, 0.2) is 11.5 Å². The van der Waals surface area contributed by atoms with Crippen LogP contribution in [0.3, 0.4) is 0 Å². The van der Waals surface area contributed by atoms with E-state index in [1.54, 1.807) is 30.6 Å². The van der Waals surface area contributed by atoms with Crippen LogP contribution in [0.2, 0.25) is 0 Å². The normalized spacial score (nSPS) is 13.1. The van der Waals surface area contributed by atoms with Crippen molar-refractivity contribution in [3.8, 4) is 11.5 Å². The summed E-state index contributed by atoms with van der Waals surface area (Å²) < 4.78 is 10.5. The van der Waals surface area contributed by atoms with Crippen molar-refractivity contribution in [1.82, 2.24) is 15.6 Å². The van der Waals surface area contributed by atoms with Gasteiger partial charge in [-0.15, -0.1) is 0 Å². The summed E-state index contributed by atoms with van der Waals surface area (Å²) in [6.07, 6.45) is 3.45. The average Bonchev–Trinajstić information content (AvgIpc) is 3.12. The lowest BCUT2D eigenvalue weighted by atomic mass is 10.1. The molecular weight excluding hydrogens is 354 g/mol. The second-order valence-electron chi connectivity index (χ2n) is 5.74. The first-order chi connectivity index (χ1) is 12.7. The third-order valence-corrected chi connectivity index (χ3v) is 4.22. The topological polar surface area (TPSA) is 89.5 Å². The van der Waals surface area contributed by atoms with E-state index in [0.29, 0.717) is 18.0 Å². The Morgan fingerprint density at radius 2 is 1.88 bits per heavy atom. The van der Waals surface area contributed by atoms with Gasteiger partial charge in [-0.25, -0.2) is 0 Å². The number of carbonyl (C=O) groups is 2. The third kappa shape index (κ3) is 4.66. The highest BCUT2D eigenvalue weighted by molar-refractivity contribution is 7.80. The van der Waals surface area contributed by atoms with Crippen LogP contribution in [0.4, 0.5) is 0 Å². The number of pyridine rings is 1. The second kappa shape index (κ2) is 8.57. The fraction of sp³-hybridized carbons (Fsp3) is 0.278. The molecule has 26 heavy (non-hydrogen) atoms. The molecule has 8 heteroatoms. The third-order valence-electron chi connectivity index (χ3n) is 3.85. The van der Waals surface area contributed by atoms with E-state index >= 15 is 0 Å². The molecular formula is C18H19N3O4S. The summed E-state index contributed by atoms with van der Waals surface area (Å²) in [6, 6.07) is 8.25. The molecule has 1 atom stereocenters. The number of fused-ring (bicyclic) bond motifs is 1. The van der Waals surface area contributed by atoms with Crippen molar-refractivity contribution in [2.24, 2.45) is 0 Å². The average molecular weight is 373 g/mol. The van der Waals surface area contributed by atoms with Crippen LogP contribution in [0.15, 0.2) is 42.7 Å². The van der Waals surface area contributed by atoms with Crippen molar-refractivity contribution in [1.29, 1.82) is 0 Å². The van der Waals surface area contributed by atoms with Crippen LogP contribution in [0.5, 0.6) is 11.5 Å². The van der Waals surface area contributed by atoms with Crippen molar-refractivity contribution in [3.05, 3.63) is 53.9 Å². The molecule has 0 saturated heterocycles. The molecule has 0 spiro atoms. The largest absolute Gasteiger partial charge is 0.454 e. The molecule has 0 saturated carbocycles. The van der Waals surface area contributed by atoms with Crippen molar-refractivity contribution in [2.75, 3.05) is 12.5 Å². The molecule has 0 bridgehead atoms. The van der Waals surface area contributed by atoms with E-state index in [0.717, 1.165) is 11.1 Å². The molecule has 2 amide bonds. The van der Waals surface area contributed by atoms with Crippen LogP contribution < -0.4 is 20.1 Å². The number of amides is 2. The highest BCUT2D eigenvalue weighted by atomic mass is 32.1. The number of nitrogens with one attached hydrogen (secondary N) is 2. The number of hydrogen-bond donors (Lipinski definition) is 3. The van der Waals surface area contributed by atoms with E-state index in [4.69, 9.17) is 9.47 Å². The van der Waals surface area contributed by atoms with Crippen molar-refractivity contribution in [2.45, 2.75) is 19.0 Å². The lowest BCUT2D eigenvalue weighted by Crippen LogP contribution is -2.48. The minimum atomic E-state index is -0.707. The van der Waals surface area contributed by atoms with Gasteiger partial charge >= 0.3 is 0 Å². The molecule has 1 aromatic heterocycles. The predicted molar refractivity (Wildman–Crippen MR) is 98.1 cm³/mol. The van der Waals surface area contributed by atoms with Crippen LogP contribution in [-0.2, 0) is 22.6 Å². The van der Waals surface area contributed by atoms with Gasteiger partial charge < -0.3 is 20.1 Å². The predicted octanol–water partition coefficient (Wildman–Crippen LogP) is 1.08. The van der Waals surface area contributed by atoms with Gasteiger partial charge in [0.1, 0.15) is 6.04 Å². The number of nitrogens with zero attached hydrogens (tertiary/aromatic N) is 1. The van der Waals surface area contributed by atoms with Crippen molar-refractivity contribution >= 4 is 24.4 Å². The molecule has 0 fully saturated rings. The zero-order valence-electron chi connectivity index (χ0n) is 14.0. The minimum Gasteiger partial charge on any atom is -0.454 e. The van der Waals surface area contributed by atoms with Gasteiger partial charge in [0.2, 0.25) is 18.6 Å². The van der Waals surface area contributed by atoms with Gasteiger partial charge in [0.05, 0.1) is 6.42 Å². The summed E-state index contributed by atoms with van der Waals surface area (Å²) in [5.41, 5.74) is 1.71. The number of rotatable bonds is 7. The Morgan fingerprint density at radius 1 is 1.12 bits per heavy atom. The maximum atomic E-state index is 12.3. The maximum absolute atomic E-state index is 12.3. The van der Waals surface area contributed by atoms with E-state index in [2.05, 4.69) is 28.2 Å². The highest BCUT2D eigenvalue weighted by Gasteiger charge is 2.20. The molecule has 2 heterocycles. The monoisotopic (exact) mass is 373 g/mol. The van der Waals surface area contributed by atoms with Crippen LogP contribution in [0, 0.1) is 0 Å². The number of ether oxygens (including phenoxy) is 2. The molecule has 2 aromatic rings. The zero-order chi connectivity index (χ0) is 18.4. The maximum Gasteiger partial charge on any atom is 0.243 e. The minimum absolute atomic E-state index is 0.137. The van der Waals surface area contributed by atoms with Gasteiger partial charge in [0.25, 0.3) is 0 Å². The molecule has 0 radical (unpaired) electrons. The van der Waals surface area contributed by atoms with E-state index in [1.165, 1.54) is 0 Å². The van der Waals surface area contributed by atoms with Gasteiger partial charge in [-0.1, -0.05) is 6.07 Å². The number of hydrogen-bond acceptors (Lipinski definition) is 6. The Balaban J connectivity index is 1.52. The first-order valence-corrected chi connectivity index (χ1v) is 8.74. The fourth-order valence-corrected chi connectivity index (χ4v) is 2.75. The van der Waals surface area contributed by atoms with Crippen molar-refractivity contribution in [3.63, 3.8) is 0 Å². The van der Waals surface area contributed by atoms with Crippen LogP contribution in [-0.4, -0.2) is 35.4 Å². The molecule has 0 unspecified atom stereocenters. The molecule has 1 aliphatic rings. The Labute approximate surface area is 156 Å². The van der Waals surface area contributed by atoms with E-state index in [-0.39, 0.29) is 30.8 Å². The molecule has 1 aromatic carbocycles. The summed E-state index contributed by atoms with van der Waals surface area (Å²) in [5.74, 6) is 0.946. The first-order valence-electron chi connectivity index (χ1n) is 8.11. The molecule has 1 aliphatic heterocycles. The van der Waals surface area contributed by atoms with Gasteiger partial charge in [0, 0.05) is 24.7 Å². The van der Waals surface area contributed by atoms with Crippen LogP contribution in [0.1, 0.15) is 11.1 Å². The Morgan fingerprint density at radius 3 is 2.65 bits per heavy atom. The lowest BCUT2D eigenvalue weighted by Gasteiger charge is -2.16. The highest BCUT2D eigenvalue weighted by Crippen LogP contribution is 2.32. The smallest absolute Gasteiger partial charge is 0.243 e. The fourth-order valence-electron chi connectivity index (χ4n) is 2.49. The molecule has 7 nitrogen and oxygen atoms in total. The van der Waals surface area contributed by atoms with Gasteiger partial charge in [-0.2, -0.15) is 12.6 Å². The standard InChI is InChI=1S/C18H19N3O4S/c22-17(8-13-1-2-15-16(7-13)25-11-24-15)21-14(10-26)18(23)20-9-12-3-5-19-6-4-12/h1-7,14,26H,8-11H2,(H,20,23)(H,21,22)/t14-/m0/s1. The van der Waals surface area contributed by atoms with E-state index in [1.807, 2.05) is 12.1 Å². The van der Waals surface area contributed by atoms with E-state index < -0.39 is 6.04 Å². The quantitative estimate of drug-likeness (QED) is 0.632. The number of aromatic nitrogens is 1. The molecule has 3 rings (SSSR count). The summed E-state index contributed by atoms with van der Waals surface area (Å²) in [6.45, 7) is 0.550. The molecule has 2 N–H and O–H groups in total. The van der Waals surface area contributed by atoms with Crippen LogP contribution >= 0.6 is 12.6 Å². The number of benzene rings is 1. The Hall–Kier alpha value is -2.74. The van der Waals surface area contributed by atoms with Crippen LogP contribution in [0.25, 0.3) is 0 Å². The second-order valence-corrected chi connectivity index (χ2v) is 6.11. The van der Waals surface area contributed by atoms with Gasteiger partial charge in [-0.3, -0.25) is 14.6 Å². The summed E-state index contributed by atoms with van der Waals surface area (Å²) in [5, 5.41) is 5.49. The molecule has 0 aliphatic carbocycles. The summed E-state index contributed by atoms with van der Waals surface area (Å²) in [7, 11) is 0. The van der Waals surface area contributed by atoms with Gasteiger partial charge in [-0.05, 0) is 35.4 Å². The molecule has 136 valence electrons. The number of thiol groups is 1. The summed E-state index contributed by atoms with van der Waals surface area (Å²) in [4.78, 5) is 28.4. The van der Waals surface area contributed by atoms with E-state index in [9.17, 15) is 9.59 Å². The summed E-state index contributed by atoms with van der Waals surface area (Å²) >= 11 is 4.17. The Bertz CT molecular complexity index is 785. The SMILES string of the molecule is O=C(Cc1ccc2c(c1)OCO2)N[C@@H](CS)C(=O)NCc1ccncc1.